The van der Waals surface area contributed by atoms with Crippen molar-refractivity contribution in [3.05, 3.63) is 90.0 Å². The number of hydrogen-bond acceptors (Lipinski definition) is 4. The van der Waals surface area contributed by atoms with Crippen LogP contribution in [0.4, 0.5) is 0 Å². The molecule has 3 nitrogen and oxygen atoms in total. The highest BCUT2D eigenvalue weighted by molar-refractivity contribution is 7.99. The van der Waals surface area contributed by atoms with Crippen molar-refractivity contribution in [1.82, 2.24) is 0 Å². The zero-order chi connectivity index (χ0) is 20.0. The standard InChI is InChI=1S/C23H26O3S2/c1-3-4-11-20-16-15-19-10-8-9-14-22(19)23(20,17-26-28(2,24)25)18-27-21-12-6-5-7-13-21/h3,5-10,12-14,16H,1,4,11,15,17-18H2,2H3. The van der Waals surface area contributed by atoms with Crippen LogP contribution in [-0.4, -0.2) is 27.0 Å². The second-order valence-corrected chi connectivity index (χ2v) is 9.76. The fourth-order valence-corrected chi connectivity index (χ4v) is 5.28. The lowest BCUT2D eigenvalue weighted by molar-refractivity contribution is 0.255. The zero-order valence-electron chi connectivity index (χ0n) is 16.1. The van der Waals surface area contributed by atoms with E-state index in [1.807, 2.05) is 36.4 Å². The average Bonchev–Trinajstić information content (AvgIpc) is 2.70. The van der Waals surface area contributed by atoms with E-state index in [-0.39, 0.29) is 6.61 Å². The summed E-state index contributed by atoms with van der Waals surface area (Å²) in [4.78, 5) is 1.16. The second kappa shape index (κ2) is 9.12. The number of thioether (sulfide) groups is 1. The molecule has 148 valence electrons. The summed E-state index contributed by atoms with van der Waals surface area (Å²) in [6.07, 6.45) is 7.84. The van der Waals surface area contributed by atoms with Crippen LogP contribution in [0.1, 0.15) is 24.0 Å². The van der Waals surface area contributed by atoms with Gasteiger partial charge in [-0.05, 0) is 42.5 Å². The van der Waals surface area contributed by atoms with Gasteiger partial charge in [0.25, 0.3) is 10.1 Å². The van der Waals surface area contributed by atoms with Gasteiger partial charge in [-0.15, -0.1) is 18.3 Å². The minimum absolute atomic E-state index is 0.117. The predicted molar refractivity (Wildman–Crippen MR) is 117 cm³/mol. The molecule has 28 heavy (non-hydrogen) atoms. The molecule has 0 bridgehead atoms. The number of fused-ring (bicyclic) bond motifs is 1. The first-order valence-electron chi connectivity index (χ1n) is 9.36. The molecule has 0 aromatic heterocycles. The first-order valence-corrected chi connectivity index (χ1v) is 12.2. The van der Waals surface area contributed by atoms with Gasteiger partial charge in [-0.3, -0.25) is 4.18 Å². The van der Waals surface area contributed by atoms with E-state index in [0.29, 0.717) is 5.75 Å². The van der Waals surface area contributed by atoms with Crippen molar-refractivity contribution < 1.29 is 12.6 Å². The van der Waals surface area contributed by atoms with E-state index in [0.717, 1.165) is 30.4 Å². The Morgan fingerprint density at radius 2 is 1.86 bits per heavy atom. The fraction of sp³-hybridized carbons (Fsp3) is 0.304. The van der Waals surface area contributed by atoms with E-state index in [9.17, 15) is 8.42 Å². The molecular weight excluding hydrogens is 388 g/mol. The van der Waals surface area contributed by atoms with Crippen LogP contribution in [-0.2, 0) is 26.1 Å². The molecule has 1 unspecified atom stereocenters. The molecule has 2 aromatic rings. The maximum absolute atomic E-state index is 11.9. The van der Waals surface area contributed by atoms with Gasteiger partial charge in [0.05, 0.1) is 18.3 Å². The number of allylic oxidation sites excluding steroid dienone is 2. The van der Waals surface area contributed by atoms with Gasteiger partial charge in [-0.1, -0.05) is 60.2 Å². The van der Waals surface area contributed by atoms with Gasteiger partial charge < -0.3 is 0 Å². The summed E-state index contributed by atoms with van der Waals surface area (Å²) < 4.78 is 29.1. The molecule has 0 aliphatic heterocycles. The Labute approximate surface area is 172 Å². The molecule has 0 fully saturated rings. The highest BCUT2D eigenvalue weighted by Crippen LogP contribution is 2.44. The molecule has 0 spiro atoms. The van der Waals surface area contributed by atoms with Crippen molar-refractivity contribution in [2.45, 2.75) is 29.6 Å². The van der Waals surface area contributed by atoms with Gasteiger partial charge in [0, 0.05) is 10.6 Å². The predicted octanol–water partition coefficient (Wildman–Crippen LogP) is 5.14. The van der Waals surface area contributed by atoms with Gasteiger partial charge in [0.15, 0.2) is 0 Å². The van der Waals surface area contributed by atoms with Crippen molar-refractivity contribution >= 4 is 21.9 Å². The monoisotopic (exact) mass is 414 g/mol. The number of rotatable bonds is 9. The lowest BCUT2D eigenvalue weighted by Gasteiger charge is -2.40. The smallest absolute Gasteiger partial charge is 0.264 e. The summed E-state index contributed by atoms with van der Waals surface area (Å²) in [7, 11) is -3.55. The maximum Gasteiger partial charge on any atom is 0.264 e. The Balaban J connectivity index is 2.03. The summed E-state index contributed by atoms with van der Waals surface area (Å²) in [5.74, 6) is 0.715. The van der Waals surface area contributed by atoms with Crippen LogP contribution in [0.3, 0.4) is 0 Å². The highest BCUT2D eigenvalue weighted by atomic mass is 32.2. The quantitative estimate of drug-likeness (QED) is 0.324. The lowest BCUT2D eigenvalue weighted by Crippen LogP contribution is -2.40. The van der Waals surface area contributed by atoms with E-state index >= 15 is 0 Å². The Bertz CT molecular complexity index is 949. The second-order valence-electron chi connectivity index (χ2n) is 7.07. The average molecular weight is 415 g/mol. The summed E-state index contributed by atoms with van der Waals surface area (Å²) in [6, 6.07) is 18.5. The molecular formula is C23H26O3S2. The Kier molecular flexibility index (Phi) is 6.81. The molecule has 2 aromatic carbocycles. The van der Waals surface area contributed by atoms with Crippen molar-refractivity contribution in [1.29, 1.82) is 0 Å². The summed E-state index contributed by atoms with van der Waals surface area (Å²) in [6.45, 7) is 3.97. The molecule has 0 radical (unpaired) electrons. The van der Waals surface area contributed by atoms with Gasteiger partial charge in [-0.25, -0.2) is 0 Å². The normalized spacial score (nSPS) is 19.0. The van der Waals surface area contributed by atoms with Gasteiger partial charge in [-0.2, -0.15) is 8.42 Å². The Morgan fingerprint density at radius 1 is 1.14 bits per heavy atom. The van der Waals surface area contributed by atoms with Gasteiger partial charge in [0.2, 0.25) is 0 Å². The van der Waals surface area contributed by atoms with Crippen LogP contribution < -0.4 is 0 Å². The summed E-state index contributed by atoms with van der Waals surface area (Å²) >= 11 is 1.74. The molecule has 1 aliphatic carbocycles. The van der Waals surface area contributed by atoms with Crippen molar-refractivity contribution in [3.63, 3.8) is 0 Å². The van der Waals surface area contributed by atoms with Crippen molar-refractivity contribution in [2.24, 2.45) is 0 Å². The van der Waals surface area contributed by atoms with Crippen LogP contribution in [0, 0.1) is 0 Å². The third-order valence-electron chi connectivity index (χ3n) is 5.08. The minimum Gasteiger partial charge on any atom is -0.269 e. The fourth-order valence-electron chi connectivity index (χ4n) is 3.68. The molecule has 0 saturated heterocycles. The van der Waals surface area contributed by atoms with Crippen LogP contribution in [0.5, 0.6) is 0 Å². The van der Waals surface area contributed by atoms with Crippen LogP contribution in [0.2, 0.25) is 0 Å². The van der Waals surface area contributed by atoms with Crippen LogP contribution in [0.25, 0.3) is 0 Å². The minimum atomic E-state index is -3.55. The van der Waals surface area contributed by atoms with Crippen LogP contribution >= 0.6 is 11.8 Å². The van der Waals surface area contributed by atoms with Crippen molar-refractivity contribution in [2.75, 3.05) is 18.6 Å². The largest absolute Gasteiger partial charge is 0.269 e. The third-order valence-corrected chi connectivity index (χ3v) is 6.87. The molecule has 3 rings (SSSR count). The Morgan fingerprint density at radius 3 is 2.57 bits per heavy atom. The molecule has 0 heterocycles. The maximum atomic E-state index is 11.9. The molecule has 0 N–H and O–H groups in total. The first-order chi connectivity index (χ1) is 13.4. The zero-order valence-corrected chi connectivity index (χ0v) is 17.8. The summed E-state index contributed by atoms with van der Waals surface area (Å²) in [5, 5.41) is 0. The third kappa shape index (κ3) is 4.96. The topological polar surface area (TPSA) is 43.4 Å². The lowest BCUT2D eigenvalue weighted by atomic mass is 9.69. The van der Waals surface area contributed by atoms with Crippen molar-refractivity contribution in [3.8, 4) is 0 Å². The molecule has 5 heteroatoms. The first kappa shape index (κ1) is 20.9. The van der Waals surface area contributed by atoms with Gasteiger partial charge >= 0.3 is 0 Å². The number of hydrogen-bond donors (Lipinski definition) is 0. The van der Waals surface area contributed by atoms with E-state index in [4.69, 9.17) is 4.18 Å². The van der Waals surface area contributed by atoms with E-state index in [2.05, 4.69) is 36.9 Å². The Hall–Kier alpha value is -1.82. The van der Waals surface area contributed by atoms with Crippen LogP contribution in [0.15, 0.2) is 83.8 Å². The molecule has 0 amide bonds. The summed E-state index contributed by atoms with van der Waals surface area (Å²) in [5.41, 5.74) is 3.15. The van der Waals surface area contributed by atoms with E-state index < -0.39 is 15.5 Å². The molecule has 0 saturated carbocycles. The molecule has 1 aliphatic rings. The van der Waals surface area contributed by atoms with E-state index in [1.54, 1.807) is 11.8 Å². The molecule has 1 atom stereocenters. The van der Waals surface area contributed by atoms with Gasteiger partial charge in [0.1, 0.15) is 0 Å². The van der Waals surface area contributed by atoms with E-state index in [1.165, 1.54) is 16.7 Å². The number of benzene rings is 2. The highest BCUT2D eigenvalue weighted by Gasteiger charge is 2.40. The SMILES string of the molecule is C=CCCC1=CCc2ccccc2C1(COS(C)(=O)=O)CSc1ccccc1.